The molecule has 0 amide bonds. The molecule has 1 unspecified atom stereocenters. The molecule has 0 spiro atoms. The number of halogens is 6. The molecule has 2 aromatic rings. The third kappa shape index (κ3) is 3.16. The quantitative estimate of drug-likeness (QED) is 0.825. The average Bonchev–Trinajstić information content (AvgIpc) is 3.14. The summed E-state index contributed by atoms with van der Waals surface area (Å²) in [7, 11) is 0. The lowest BCUT2D eigenvalue weighted by Crippen LogP contribution is -2.45. The summed E-state index contributed by atoms with van der Waals surface area (Å²) in [6.45, 7) is 0. The smallest absolute Gasteiger partial charge is 0.350 e. The van der Waals surface area contributed by atoms with Gasteiger partial charge in [-0.15, -0.1) is 0 Å². The Bertz CT molecular complexity index is 812. The van der Waals surface area contributed by atoms with Gasteiger partial charge in [0.25, 0.3) is 0 Å². The first kappa shape index (κ1) is 17.2. The van der Waals surface area contributed by atoms with Crippen molar-refractivity contribution in [1.82, 2.24) is 10.1 Å². The molecule has 12 heteroatoms. The number of rotatable bonds is 2. The topological polar surface area (TPSA) is 80.7 Å². The van der Waals surface area contributed by atoms with Gasteiger partial charge >= 0.3 is 24.0 Å². The van der Waals surface area contributed by atoms with Crippen LogP contribution in [0.25, 0.3) is 11.4 Å². The molecule has 1 aromatic heterocycles. The largest absolute Gasteiger partial charge is 0.471 e. The van der Waals surface area contributed by atoms with Gasteiger partial charge in [-0.25, -0.2) is 0 Å². The zero-order valence-electron chi connectivity index (χ0n) is 11.9. The fourth-order valence-corrected chi connectivity index (χ4v) is 2.00. The highest BCUT2D eigenvalue weighted by molar-refractivity contribution is 6.01. The van der Waals surface area contributed by atoms with Crippen LogP contribution in [-0.4, -0.2) is 32.9 Å². The van der Waals surface area contributed by atoms with E-state index in [0.717, 1.165) is 0 Å². The normalized spacial score (nSPS) is 21.2. The Morgan fingerprint density at radius 2 is 1.60 bits per heavy atom. The van der Waals surface area contributed by atoms with Crippen LogP contribution in [0.15, 0.2) is 33.9 Å². The maximum atomic E-state index is 12.7. The molecule has 0 saturated carbocycles. The standard InChI is InChI=1S/C13H7F6N3O3/c14-12(15,16)10-20-9(22-24-10)7-3-1-6(2-4-7)8-5-11(23,25-21-8)13(17,18)19/h1-4,23H,5H2. The Labute approximate surface area is 134 Å². The van der Waals surface area contributed by atoms with Crippen molar-refractivity contribution in [3.8, 4) is 11.4 Å². The van der Waals surface area contributed by atoms with Crippen molar-refractivity contribution < 1.29 is 40.8 Å². The first-order valence-corrected chi connectivity index (χ1v) is 6.55. The molecule has 134 valence electrons. The Morgan fingerprint density at radius 3 is 2.08 bits per heavy atom. The van der Waals surface area contributed by atoms with Gasteiger partial charge in [-0.05, 0) is 5.56 Å². The van der Waals surface area contributed by atoms with E-state index in [1.165, 1.54) is 24.3 Å². The number of hydrogen-bond acceptors (Lipinski definition) is 6. The van der Waals surface area contributed by atoms with Crippen LogP contribution >= 0.6 is 0 Å². The molecule has 0 aliphatic carbocycles. The Hall–Kier alpha value is -2.63. The lowest BCUT2D eigenvalue weighted by molar-refractivity contribution is -0.355. The van der Waals surface area contributed by atoms with E-state index in [1.54, 1.807) is 0 Å². The zero-order valence-corrected chi connectivity index (χ0v) is 11.9. The maximum absolute atomic E-state index is 12.7. The maximum Gasteiger partial charge on any atom is 0.471 e. The second-order valence-electron chi connectivity index (χ2n) is 5.09. The molecule has 0 saturated heterocycles. The number of benzene rings is 1. The minimum Gasteiger partial charge on any atom is -0.350 e. The summed E-state index contributed by atoms with van der Waals surface area (Å²) < 4.78 is 79.3. The summed E-state index contributed by atoms with van der Waals surface area (Å²) in [6, 6.07) is 5.11. The summed E-state index contributed by atoms with van der Waals surface area (Å²) in [5.74, 6) is -5.26. The predicted molar refractivity (Wildman–Crippen MR) is 68.0 cm³/mol. The van der Waals surface area contributed by atoms with Crippen molar-refractivity contribution in [3.63, 3.8) is 0 Å². The third-order valence-corrected chi connectivity index (χ3v) is 3.30. The van der Waals surface area contributed by atoms with E-state index in [9.17, 15) is 31.4 Å². The molecule has 25 heavy (non-hydrogen) atoms. The molecule has 1 aliphatic rings. The highest BCUT2D eigenvalue weighted by Gasteiger charge is 2.60. The summed E-state index contributed by atoms with van der Waals surface area (Å²) >= 11 is 0. The minimum atomic E-state index is -5.03. The summed E-state index contributed by atoms with van der Waals surface area (Å²) in [4.78, 5) is 7.27. The molecule has 2 heterocycles. The van der Waals surface area contributed by atoms with Gasteiger partial charge < -0.3 is 14.5 Å². The first-order valence-electron chi connectivity index (χ1n) is 6.55. The van der Waals surface area contributed by atoms with Crippen molar-refractivity contribution in [3.05, 3.63) is 35.7 Å². The molecule has 0 bridgehead atoms. The van der Waals surface area contributed by atoms with Crippen molar-refractivity contribution in [2.75, 3.05) is 0 Å². The third-order valence-electron chi connectivity index (χ3n) is 3.30. The number of alkyl halides is 6. The number of aliphatic hydroxyl groups is 1. The lowest BCUT2D eigenvalue weighted by atomic mass is 10.0. The van der Waals surface area contributed by atoms with Crippen LogP contribution in [0.2, 0.25) is 0 Å². The van der Waals surface area contributed by atoms with Crippen molar-refractivity contribution in [2.45, 2.75) is 24.6 Å². The van der Waals surface area contributed by atoms with Crippen molar-refractivity contribution >= 4 is 5.71 Å². The number of hydrogen-bond donors (Lipinski definition) is 1. The van der Waals surface area contributed by atoms with Crippen LogP contribution in [0.3, 0.4) is 0 Å². The van der Waals surface area contributed by atoms with Crippen LogP contribution in [0.1, 0.15) is 17.9 Å². The van der Waals surface area contributed by atoms with Gasteiger partial charge in [0.05, 0.1) is 12.1 Å². The average molecular weight is 367 g/mol. The van der Waals surface area contributed by atoms with Crippen LogP contribution in [0.5, 0.6) is 0 Å². The van der Waals surface area contributed by atoms with Gasteiger partial charge in [-0.2, -0.15) is 31.3 Å². The van der Waals surface area contributed by atoms with E-state index in [0.29, 0.717) is 0 Å². The highest BCUT2D eigenvalue weighted by Crippen LogP contribution is 2.39. The van der Waals surface area contributed by atoms with Gasteiger partial charge in [0, 0.05) is 5.56 Å². The molecular formula is C13H7F6N3O3. The Balaban J connectivity index is 1.79. The second kappa shape index (κ2) is 5.44. The fraction of sp³-hybridized carbons (Fsp3) is 0.308. The Kier molecular flexibility index (Phi) is 3.74. The molecule has 0 fully saturated rings. The molecule has 1 aromatic carbocycles. The molecule has 1 aliphatic heterocycles. The molecule has 3 rings (SSSR count). The molecule has 1 N–H and O–H groups in total. The van der Waals surface area contributed by atoms with E-state index < -0.39 is 30.5 Å². The fourth-order valence-electron chi connectivity index (χ4n) is 2.00. The van der Waals surface area contributed by atoms with E-state index in [-0.39, 0.29) is 22.7 Å². The number of oxime groups is 1. The van der Waals surface area contributed by atoms with E-state index in [4.69, 9.17) is 0 Å². The summed E-state index contributed by atoms with van der Waals surface area (Å²) in [6.07, 6.45) is -10.7. The van der Waals surface area contributed by atoms with Crippen LogP contribution < -0.4 is 0 Å². The van der Waals surface area contributed by atoms with Gasteiger partial charge in [-0.1, -0.05) is 34.6 Å². The molecule has 0 radical (unpaired) electrons. The Morgan fingerprint density at radius 1 is 1.00 bits per heavy atom. The van der Waals surface area contributed by atoms with Crippen LogP contribution in [0, 0.1) is 0 Å². The van der Waals surface area contributed by atoms with Gasteiger partial charge in [0.1, 0.15) is 0 Å². The van der Waals surface area contributed by atoms with E-state index >= 15 is 0 Å². The second-order valence-corrected chi connectivity index (χ2v) is 5.09. The van der Waals surface area contributed by atoms with Gasteiger partial charge in [0.15, 0.2) is 0 Å². The molecule has 1 atom stereocenters. The van der Waals surface area contributed by atoms with Crippen LogP contribution in [0.4, 0.5) is 26.3 Å². The number of aromatic nitrogens is 2. The number of nitrogens with zero attached hydrogens (tertiary/aromatic N) is 3. The highest BCUT2D eigenvalue weighted by atomic mass is 19.4. The van der Waals surface area contributed by atoms with Crippen LogP contribution in [-0.2, 0) is 11.0 Å². The van der Waals surface area contributed by atoms with Gasteiger partial charge in [0.2, 0.25) is 5.82 Å². The molecular weight excluding hydrogens is 360 g/mol. The minimum absolute atomic E-state index is 0.147. The predicted octanol–water partition coefficient (Wildman–Crippen LogP) is 3.13. The SMILES string of the molecule is OC1(C(F)(F)F)CC(c2ccc(-c3noc(C(F)(F)F)n3)cc2)=NO1. The first-order chi connectivity index (χ1) is 11.5. The summed E-state index contributed by atoms with van der Waals surface area (Å²) in [5.41, 5.74) is 0.160. The monoisotopic (exact) mass is 367 g/mol. The van der Waals surface area contributed by atoms with Crippen molar-refractivity contribution in [2.24, 2.45) is 5.16 Å². The molecule has 6 nitrogen and oxygen atoms in total. The zero-order chi connectivity index (χ0) is 18.5. The summed E-state index contributed by atoms with van der Waals surface area (Å²) in [5, 5.41) is 15.8. The lowest BCUT2D eigenvalue weighted by Gasteiger charge is -2.22. The van der Waals surface area contributed by atoms with Crippen molar-refractivity contribution in [1.29, 1.82) is 0 Å². The van der Waals surface area contributed by atoms with E-state index in [2.05, 4.69) is 24.7 Å². The van der Waals surface area contributed by atoms with E-state index in [1.807, 2.05) is 0 Å². The van der Waals surface area contributed by atoms with Gasteiger partial charge in [-0.3, -0.25) is 0 Å².